The maximum Gasteiger partial charge on any atom is 0.151 e. The summed E-state index contributed by atoms with van der Waals surface area (Å²) in [6, 6.07) is 8.17. The van der Waals surface area contributed by atoms with E-state index >= 15 is 0 Å². The van der Waals surface area contributed by atoms with Crippen LogP contribution in [0, 0.1) is 0 Å². The molecule has 0 saturated carbocycles. The predicted octanol–water partition coefficient (Wildman–Crippen LogP) is 1.51. The van der Waals surface area contributed by atoms with Crippen molar-refractivity contribution in [2.24, 2.45) is 0 Å². The lowest BCUT2D eigenvalue weighted by atomic mass is 10.1. The standard InChI is InChI=1S/C14H16N2O2S/c17-19(18)6-5-13(10-19)16-9-12-8-15-7-11-3-1-2-4-14(11)12/h1-4,7-8,13,16H,5-6,9-10H2. The average molecular weight is 276 g/mol. The highest BCUT2D eigenvalue weighted by Gasteiger charge is 2.27. The van der Waals surface area contributed by atoms with Crippen molar-refractivity contribution in [3.63, 3.8) is 0 Å². The number of hydrogen-bond acceptors (Lipinski definition) is 4. The number of fused-ring (bicyclic) bond motifs is 1. The number of nitrogens with one attached hydrogen (secondary N) is 1. The molecule has 2 aromatic rings. The van der Waals surface area contributed by atoms with Crippen molar-refractivity contribution >= 4 is 20.6 Å². The Labute approximate surface area is 112 Å². The molecule has 1 saturated heterocycles. The summed E-state index contributed by atoms with van der Waals surface area (Å²) < 4.78 is 22.8. The van der Waals surface area contributed by atoms with Gasteiger partial charge >= 0.3 is 0 Å². The van der Waals surface area contributed by atoms with E-state index in [1.54, 1.807) is 0 Å². The van der Waals surface area contributed by atoms with Crippen LogP contribution in [0.15, 0.2) is 36.7 Å². The van der Waals surface area contributed by atoms with Gasteiger partial charge in [-0.2, -0.15) is 0 Å². The summed E-state index contributed by atoms with van der Waals surface area (Å²) in [6.07, 6.45) is 4.40. The minimum Gasteiger partial charge on any atom is -0.309 e. The molecule has 1 aliphatic heterocycles. The Hall–Kier alpha value is -1.46. The SMILES string of the molecule is O=S1(=O)CCC(NCc2cncc3ccccc23)C1. The fourth-order valence-corrected chi connectivity index (χ4v) is 4.24. The lowest BCUT2D eigenvalue weighted by Crippen LogP contribution is -2.29. The van der Waals surface area contributed by atoms with Gasteiger partial charge in [0.1, 0.15) is 0 Å². The second kappa shape index (κ2) is 4.90. The van der Waals surface area contributed by atoms with E-state index in [4.69, 9.17) is 0 Å². The maximum atomic E-state index is 11.4. The van der Waals surface area contributed by atoms with Crippen LogP contribution in [0.3, 0.4) is 0 Å². The number of rotatable bonds is 3. The molecule has 0 radical (unpaired) electrons. The number of nitrogens with zero attached hydrogens (tertiary/aromatic N) is 1. The van der Waals surface area contributed by atoms with Crippen LogP contribution in [0.5, 0.6) is 0 Å². The quantitative estimate of drug-likeness (QED) is 0.923. The lowest BCUT2D eigenvalue weighted by molar-refractivity contribution is 0.555. The molecule has 3 rings (SSSR count). The third-order valence-electron chi connectivity index (χ3n) is 3.56. The molecule has 2 heterocycles. The Kier molecular flexibility index (Phi) is 3.24. The first-order valence-electron chi connectivity index (χ1n) is 6.39. The fraction of sp³-hybridized carbons (Fsp3) is 0.357. The zero-order valence-corrected chi connectivity index (χ0v) is 11.4. The number of aromatic nitrogens is 1. The number of hydrogen-bond donors (Lipinski definition) is 1. The topological polar surface area (TPSA) is 59.1 Å². The van der Waals surface area contributed by atoms with E-state index in [9.17, 15) is 8.42 Å². The third-order valence-corrected chi connectivity index (χ3v) is 5.33. The van der Waals surface area contributed by atoms with E-state index in [0.717, 1.165) is 10.9 Å². The van der Waals surface area contributed by atoms with E-state index in [2.05, 4.69) is 16.4 Å². The van der Waals surface area contributed by atoms with Crippen LogP contribution >= 0.6 is 0 Å². The fourth-order valence-electron chi connectivity index (χ4n) is 2.53. The van der Waals surface area contributed by atoms with Crippen molar-refractivity contribution in [2.45, 2.75) is 19.0 Å². The van der Waals surface area contributed by atoms with E-state index in [1.807, 2.05) is 30.6 Å². The molecular formula is C14H16N2O2S. The number of benzene rings is 1. The Morgan fingerprint density at radius 1 is 1.26 bits per heavy atom. The first-order chi connectivity index (χ1) is 9.14. The smallest absolute Gasteiger partial charge is 0.151 e. The minimum absolute atomic E-state index is 0.0731. The molecule has 1 atom stereocenters. The van der Waals surface area contributed by atoms with Crippen LogP contribution in [0.4, 0.5) is 0 Å². The highest BCUT2D eigenvalue weighted by Crippen LogP contribution is 2.18. The molecule has 0 aliphatic carbocycles. The number of sulfone groups is 1. The molecular weight excluding hydrogens is 260 g/mol. The van der Waals surface area contributed by atoms with Crippen LogP contribution < -0.4 is 5.32 Å². The lowest BCUT2D eigenvalue weighted by Gasteiger charge is -2.12. The molecule has 4 nitrogen and oxygen atoms in total. The summed E-state index contributed by atoms with van der Waals surface area (Å²) >= 11 is 0. The first-order valence-corrected chi connectivity index (χ1v) is 8.22. The summed E-state index contributed by atoms with van der Waals surface area (Å²) in [4.78, 5) is 4.23. The van der Waals surface area contributed by atoms with Gasteiger partial charge in [0, 0.05) is 30.4 Å². The van der Waals surface area contributed by atoms with Gasteiger partial charge in [0.05, 0.1) is 11.5 Å². The molecule has 1 unspecified atom stereocenters. The molecule has 1 N–H and O–H groups in total. The van der Waals surface area contributed by atoms with Gasteiger partial charge in [-0.05, 0) is 17.4 Å². The Morgan fingerprint density at radius 2 is 2.11 bits per heavy atom. The predicted molar refractivity (Wildman–Crippen MR) is 75.6 cm³/mol. The summed E-state index contributed by atoms with van der Waals surface area (Å²) in [5.74, 6) is 0.559. The van der Waals surface area contributed by atoms with Crippen LogP contribution in [-0.2, 0) is 16.4 Å². The molecule has 19 heavy (non-hydrogen) atoms. The summed E-state index contributed by atoms with van der Waals surface area (Å²) in [6.45, 7) is 0.661. The van der Waals surface area contributed by atoms with Crippen molar-refractivity contribution in [3.8, 4) is 0 Å². The summed E-state index contributed by atoms with van der Waals surface area (Å²) in [5, 5.41) is 5.61. The van der Waals surface area contributed by atoms with E-state index in [0.29, 0.717) is 18.7 Å². The summed E-state index contributed by atoms with van der Waals surface area (Å²) in [5.41, 5.74) is 1.11. The van der Waals surface area contributed by atoms with Gasteiger partial charge in [-0.25, -0.2) is 8.42 Å². The van der Waals surface area contributed by atoms with Gasteiger partial charge in [-0.3, -0.25) is 4.98 Å². The Bertz CT molecular complexity index is 692. The van der Waals surface area contributed by atoms with Crippen molar-refractivity contribution in [1.29, 1.82) is 0 Å². The monoisotopic (exact) mass is 276 g/mol. The van der Waals surface area contributed by atoms with Crippen LogP contribution in [0.1, 0.15) is 12.0 Å². The van der Waals surface area contributed by atoms with Gasteiger partial charge in [-0.15, -0.1) is 0 Å². The zero-order chi connectivity index (χ0) is 13.3. The second-order valence-corrected chi connectivity index (χ2v) is 7.23. The third kappa shape index (κ3) is 2.77. The van der Waals surface area contributed by atoms with Crippen molar-refractivity contribution in [1.82, 2.24) is 10.3 Å². The minimum atomic E-state index is -2.82. The van der Waals surface area contributed by atoms with Gasteiger partial charge in [0.2, 0.25) is 0 Å². The van der Waals surface area contributed by atoms with Gasteiger partial charge in [0.25, 0.3) is 0 Å². The van der Waals surface area contributed by atoms with Crippen LogP contribution in [0.25, 0.3) is 10.8 Å². The highest BCUT2D eigenvalue weighted by molar-refractivity contribution is 7.91. The zero-order valence-electron chi connectivity index (χ0n) is 10.5. The van der Waals surface area contributed by atoms with E-state index in [-0.39, 0.29) is 11.8 Å². The van der Waals surface area contributed by atoms with Gasteiger partial charge in [0.15, 0.2) is 9.84 Å². The van der Waals surface area contributed by atoms with Crippen molar-refractivity contribution < 1.29 is 8.42 Å². The molecule has 100 valence electrons. The van der Waals surface area contributed by atoms with Gasteiger partial charge < -0.3 is 5.32 Å². The largest absolute Gasteiger partial charge is 0.309 e. The molecule has 0 spiro atoms. The average Bonchev–Trinajstić information content (AvgIpc) is 2.76. The second-order valence-electron chi connectivity index (χ2n) is 5.00. The molecule has 0 amide bonds. The first kappa shape index (κ1) is 12.6. The highest BCUT2D eigenvalue weighted by atomic mass is 32.2. The normalized spacial score (nSPS) is 21.8. The molecule has 1 fully saturated rings. The maximum absolute atomic E-state index is 11.4. The van der Waals surface area contributed by atoms with E-state index < -0.39 is 9.84 Å². The van der Waals surface area contributed by atoms with Crippen LogP contribution in [-0.4, -0.2) is 30.9 Å². The Balaban J connectivity index is 1.76. The van der Waals surface area contributed by atoms with Gasteiger partial charge in [-0.1, -0.05) is 24.3 Å². The van der Waals surface area contributed by atoms with Crippen LogP contribution in [0.2, 0.25) is 0 Å². The Morgan fingerprint density at radius 3 is 2.89 bits per heavy atom. The number of pyridine rings is 1. The van der Waals surface area contributed by atoms with E-state index in [1.165, 1.54) is 5.39 Å². The summed E-state index contributed by atoms with van der Waals surface area (Å²) in [7, 11) is -2.82. The van der Waals surface area contributed by atoms with Crippen molar-refractivity contribution in [3.05, 3.63) is 42.2 Å². The molecule has 1 aromatic heterocycles. The van der Waals surface area contributed by atoms with Crippen molar-refractivity contribution in [2.75, 3.05) is 11.5 Å². The molecule has 1 aliphatic rings. The molecule has 0 bridgehead atoms. The molecule has 1 aromatic carbocycles. The molecule has 5 heteroatoms.